The average molecular weight is 281 g/mol. The lowest BCUT2D eigenvalue weighted by Crippen LogP contribution is -2.54. The molecule has 5 unspecified atom stereocenters. The van der Waals surface area contributed by atoms with Gasteiger partial charge in [0.05, 0.1) is 6.10 Å². The van der Waals surface area contributed by atoms with Crippen LogP contribution in [-0.4, -0.2) is 47.3 Å². The fraction of sp³-hybridized carbons (Fsp3) is 0.938. The van der Waals surface area contributed by atoms with E-state index >= 15 is 0 Å². The molecule has 3 aliphatic rings. The summed E-state index contributed by atoms with van der Waals surface area (Å²) in [5.41, 5.74) is 0. The van der Waals surface area contributed by atoms with E-state index in [4.69, 9.17) is 4.74 Å². The Bertz CT molecular complexity index is 360. The number of likely N-dealkylation sites (tertiary alicyclic amines) is 1. The van der Waals surface area contributed by atoms with Crippen molar-refractivity contribution in [1.29, 1.82) is 0 Å². The van der Waals surface area contributed by atoms with E-state index in [1.54, 1.807) is 7.11 Å². The van der Waals surface area contributed by atoms with Gasteiger partial charge in [-0.05, 0) is 38.0 Å². The molecule has 4 nitrogen and oxygen atoms in total. The number of fused-ring (bicyclic) bond motifs is 1. The van der Waals surface area contributed by atoms with Crippen molar-refractivity contribution >= 4 is 5.97 Å². The molecule has 3 rings (SSSR count). The summed E-state index contributed by atoms with van der Waals surface area (Å²) in [6.07, 6.45) is 10.6. The zero-order valence-electron chi connectivity index (χ0n) is 12.5. The number of carboxylic acid groups (broad SMARTS) is 1. The minimum Gasteiger partial charge on any atom is -0.480 e. The van der Waals surface area contributed by atoms with Gasteiger partial charge in [0.25, 0.3) is 0 Å². The monoisotopic (exact) mass is 281 g/mol. The predicted octanol–water partition coefficient (Wildman–Crippen LogP) is 2.66. The summed E-state index contributed by atoms with van der Waals surface area (Å²) in [5, 5.41) is 9.64. The van der Waals surface area contributed by atoms with Gasteiger partial charge < -0.3 is 9.84 Å². The van der Waals surface area contributed by atoms with Crippen molar-refractivity contribution in [3.63, 3.8) is 0 Å². The van der Waals surface area contributed by atoms with Crippen LogP contribution in [0.15, 0.2) is 0 Å². The van der Waals surface area contributed by atoms with Gasteiger partial charge in [-0.25, -0.2) is 0 Å². The molecule has 0 aromatic carbocycles. The van der Waals surface area contributed by atoms with Crippen molar-refractivity contribution in [2.45, 2.75) is 82.0 Å². The molecule has 2 aliphatic carbocycles. The molecule has 1 heterocycles. The van der Waals surface area contributed by atoms with Crippen molar-refractivity contribution in [2.24, 2.45) is 5.92 Å². The fourth-order valence-corrected chi connectivity index (χ4v) is 4.89. The first-order valence-corrected chi connectivity index (χ1v) is 8.25. The Morgan fingerprint density at radius 2 is 1.70 bits per heavy atom. The summed E-state index contributed by atoms with van der Waals surface area (Å²) in [4.78, 5) is 14.1. The summed E-state index contributed by atoms with van der Waals surface area (Å²) >= 11 is 0. The highest BCUT2D eigenvalue weighted by Gasteiger charge is 2.49. The molecule has 0 amide bonds. The predicted molar refractivity (Wildman–Crippen MR) is 76.7 cm³/mol. The van der Waals surface area contributed by atoms with Gasteiger partial charge >= 0.3 is 5.97 Å². The maximum Gasteiger partial charge on any atom is 0.320 e. The Morgan fingerprint density at radius 1 is 1.05 bits per heavy atom. The third kappa shape index (κ3) is 2.48. The van der Waals surface area contributed by atoms with E-state index in [1.165, 1.54) is 38.5 Å². The summed E-state index contributed by atoms with van der Waals surface area (Å²) in [7, 11) is 1.78. The van der Waals surface area contributed by atoms with E-state index < -0.39 is 5.97 Å². The van der Waals surface area contributed by atoms with Crippen molar-refractivity contribution in [3.05, 3.63) is 0 Å². The second-order valence-corrected chi connectivity index (χ2v) is 6.77. The minimum absolute atomic E-state index is 0.228. The smallest absolute Gasteiger partial charge is 0.320 e. The third-order valence-corrected chi connectivity index (χ3v) is 5.78. The minimum atomic E-state index is -0.625. The molecule has 1 N–H and O–H groups in total. The second kappa shape index (κ2) is 6.02. The number of carbonyl (C=O) groups is 1. The number of nitrogens with zero attached hydrogens (tertiary/aromatic N) is 1. The Balaban J connectivity index is 1.84. The van der Waals surface area contributed by atoms with Crippen LogP contribution in [0.3, 0.4) is 0 Å². The maximum atomic E-state index is 11.7. The molecule has 1 saturated heterocycles. The summed E-state index contributed by atoms with van der Waals surface area (Å²) < 4.78 is 5.69. The molecule has 114 valence electrons. The average Bonchev–Trinajstić information content (AvgIpc) is 2.86. The molecule has 3 fully saturated rings. The molecule has 0 spiro atoms. The highest BCUT2D eigenvalue weighted by molar-refractivity contribution is 5.74. The van der Waals surface area contributed by atoms with Crippen LogP contribution in [0.4, 0.5) is 0 Å². The van der Waals surface area contributed by atoms with E-state index in [9.17, 15) is 9.90 Å². The number of rotatable bonds is 3. The van der Waals surface area contributed by atoms with Crippen LogP contribution in [0.1, 0.15) is 57.8 Å². The molecule has 0 radical (unpaired) electrons. The molecule has 0 bridgehead atoms. The lowest BCUT2D eigenvalue weighted by molar-refractivity contribution is -0.145. The Kier molecular flexibility index (Phi) is 4.32. The second-order valence-electron chi connectivity index (χ2n) is 6.77. The maximum absolute atomic E-state index is 11.7. The highest BCUT2D eigenvalue weighted by Crippen LogP contribution is 2.43. The molecule has 5 atom stereocenters. The first kappa shape index (κ1) is 14.3. The van der Waals surface area contributed by atoms with Crippen LogP contribution >= 0.6 is 0 Å². The first-order valence-electron chi connectivity index (χ1n) is 8.25. The van der Waals surface area contributed by atoms with Gasteiger partial charge in [-0.3, -0.25) is 9.69 Å². The van der Waals surface area contributed by atoms with Gasteiger partial charge in [0.1, 0.15) is 6.04 Å². The van der Waals surface area contributed by atoms with Gasteiger partial charge in [-0.1, -0.05) is 25.7 Å². The number of aliphatic carboxylic acids is 1. The number of methoxy groups -OCH3 is 1. The van der Waals surface area contributed by atoms with Crippen LogP contribution in [0.5, 0.6) is 0 Å². The van der Waals surface area contributed by atoms with E-state index in [0.29, 0.717) is 18.0 Å². The zero-order valence-corrected chi connectivity index (χ0v) is 12.5. The summed E-state index contributed by atoms with van der Waals surface area (Å²) in [6, 6.07) is 0.539. The van der Waals surface area contributed by atoms with Crippen LogP contribution in [0, 0.1) is 5.92 Å². The highest BCUT2D eigenvalue weighted by atomic mass is 16.5. The Labute approximate surface area is 121 Å². The lowest BCUT2D eigenvalue weighted by atomic mass is 9.83. The first-order chi connectivity index (χ1) is 9.72. The van der Waals surface area contributed by atoms with E-state index in [0.717, 1.165) is 19.3 Å². The molecule has 0 aromatic rings. The normalized spacial score (nSPS) is 42.4. The lowest BCUT2D eigenvalue weighted by Gasteiger charge is -2.43. The quantitative estimate of drug-likeness (QED) is 0.864. The molecular weight excluding hydrogens is 254 g/mol. The van der Waals surface area contributed by atoms with Gasteiger partial charge in [-0.15, -0.1) is 0 Å². The number of carboxylic acids is 1. The Hall–Kier alpha value is -0.610. The van der Waals surface area contributed by atoms with Crippen molar-refractivity contribution in [3.8, 4) is 0 Å². The van der Waals surface area contributed by atoms with E-state index in [1.807, 2.05) is 0 Å². The van der Waals surface area contributed by atoms with Crippen LogP contribution in [0.25, 0.3) is 0 Å². The van der Waals surface area contributed by atoms with Gasteiger partial charge in [-0.2, -0.15) is 0 Å². The van der Waals surface area contributed by atoms with Crippen molar-refractivity contribution < 1.29 is 14.6 Å². The molecule has 1 aliphatic heterocycles. The zero-order chi connectivity index (χ0) is 14.1. The van der Waals surface area contributed by atoms with Crippen LogP contribution in [-0.2, 0) is 9.53 Å². The molecule has 20 heavy (non-hydrogen) atoms. The number of hydrogen-bond donors (Lipinski definition) is 1. The summed E-state index contributed by atoms with van der Waals surface area (Å²) in [6.45, 7) is 0. The fourth-order valence-electron chi connectivity index (χ4n) is 4.89. The van der Waals surface area contributed by atoms with Crippen molar-refractivity contribution in [1.82, 2.24) is 4.90 Å². The van der Waals surface area contributed by atoms with E-state index in [2.05, 4.69) is 4.90 Å². The topological polar surface area (TPSA) is 49.8 Å². The van der Waals surface area contributed by atoms with Crippen LogP contribution < -0.4 is 0 Å². The molecule has 2 saturated carbocycles. The molecule has 4 heteroatoms. The SMILES string of the molecule is COC1CCCCC1N1C(C(=O)O)CC2CCCCC21. The van der Waals surface area contributed by atoms with Crippen molar-refractivity contribution in [2.75, 3.05) is 7.11 Å². The molecular formula is C16H27NO3. The van der Waals surface area contributed by atoms with Gasteiger partial charge in [0.2, 0.25) is 0 Å². The Morgan fingerprint density at radius 3 is 2.40 bits per heavy atom. The standard InChI is InChI=1S/C16H27NO3/c1-20-15-9-5-4-8-13(15)17-12-7-3-2-6-11(12)10-14(17)16(18)19/h11-15H,2-10H2,1H3,(H,18,19). The number of hydrogen-bond acceptors (Lipinski definition) is 3. The number of ether oxygens (including phenoxy) is 1. The largest absolute Gasteiger partial charge is 0.480 e. The third-order valence-electron chi connectivity index (χ3n) is 5.78. The molecule has 0 aromatic heterocycles. The van der Waals surface area contributed by atoms with Crippen LogP contribution in [0.2, 0.25) is 0 Å². The van der Waals surface area contributed by atoms with Gasteiger partial charge in [0.15, 0.2) is 0 Å². The van der Waals surface area contributed by atoms with E-state index in [-0.39, 0.29) is 12.1 Å². The van der Waals surface area contributed by atoms with Gasteiger partial charge in [0, 0.05) is 19.2 Å². The summed E-state index contributed by atoms with van der Waals surface area (Å²) in [5.74, 6) is -0.0240.